The molecule has 2 atom stereocenters. The Labute approximate surface area is 302 Å². The molecule has 0 spiro atoms. The fraction of sp³-hybridized carbons (Fsp3) is 0.325. The zero-order valence-corrected chi connectivity index (χ0v) is 29.5. The summed E-state index contributed by atoms with van der Waals surface area (Å²) in [6, 6.07) is 12.4. The third kappa shape index (κ3) is 6.88. The lowest BCUT2D eigenvalue weighted by molar-refractivity contribution is -0.140. The number of hydrogen-bond donors (Lipinski definition) is 0. The third-order valence-corrected chi connectivity index (χ3v) is 9.65. The fourth-order valence-corrected chi connectivity index (χ4v) is 7.03. The average molecular weight is 705 g/mol. The topological polar surface area (TPSA) is 129 Å². The summed E-state index contributed by atoms with van der Waals surface area (Å²) in [5.41, 5.74) is 6.42. The van der Waals surface area contributed by atoms with E-state index in [0.29, 0.717) is 77.9 Å². The van der Waals surface area contributed by atoms with Gasteiger partial charge in [-0.05, 0) is 54.2 Å². The summed E-state index contributed by atoms with van der Waals surface area (Å²) >= 11 is 0. The Hall–Kier alpha value is -5.91. The van der Waals surface area contributed by atoms with Gasteiger partial charge in [-0.3, -0.25) is 24.4 Å². The van der Waals surface area contributed by atoms with Gasteiger partial charge in [-0.25, -0.2) is 0 Å². The van der Waals surface area contributed by atoms with Crippen molar-refractivity contribution in [2.45, 2.75) is 51.0 Å². The molecule has 12 nitrogen and oxygen atoms in total. The molecule has 0 aliphatic carbocycles. The predicted octanol–water partition coefficient (Wildman–Crippen LogP) is 5.94. The molecule has 0 N–H and O–H groups in total. The maximum atomic E-state index is 13.4. The van der Waals surface area contributed by atoms with Crippen LogP contribution < -0.4 is 18.9 Å². The van der Waals surface area contributed by atoms with E-state index < -0.39 is 0 Å². The molecule has 2 amide bonds. The number of rotatable bonds is 11. The Morgan fingerprint density at radius 3 is 1.60 bits per heavy atom. The number of aryl methyl sites for hydroxylation is 1. The molecule has 2 saturated heterocycles. The SMILES string of the molecule is C=C1C[C@H]2C=Nc3cc(OCc4cc(CCC(=O)OC)cc(COc5cc6c(cc5OC)C(=O)N5CC(=C)C[C@H]5C=N6)c4)c(OC)cc3C(=O)N2C1. The second-order valence-corrected chi connectivity index (χ2v) is 13.3. The van der Waals surface area contributed by atoms with Gasteiger partial charge in [0.05, 0.1) is 55.9 Å². The number of carbonyl (C=O) groups is 3. The number of amides is 2. The Kier molecular flexibility index (Phi) is 9.55. The van der Waals surface area contributed by atoms with E-state index in [4.69, 9.17) is 23.7 Å². The molecule has 0 saturated carbocycles. The molecule has 3 aromatic carbocycles. The van der Waals surface area contributed by atoms with Crippen LogP contribution in [0, 0.1) is 0 Å². The maximum absolute atomic E-state index is 13.4. The van der Waals surface area contributed by atoms with Crippen LogP contribution >= 0.6 is 0 Å². The minimum Gasteiger partial charge on any atom is -0.493 e. The highest BCUT2D eigenvalue weighted by Crippen LogP contribution is 2.40. The van der Waals surface area contributed by atoms with Crippen molar-refractivity contribution in [3.05, 3.63) is 94.6 Å². The number of carbonyl (C=O) groups excluding carboxylic acids is 3. The largest absolute Gasteiger partial charge is 0.493 e. The van der Waals surface area contributed by atoms with Gasteiger partial charge in [0.2, 0.25) is 0 Å². The smallest absolute Gasteiger partial charge is 0.305 e. The van der Waals surface area contributed by atoms with Gasteiger partial charge in [0.1, 0.15) is 13.2 Å². The summed E-state index contributed by atoms with van der Waals surface area (Å²) < 4.78 is 28.8. The number of fused-ring (bicyclic) bond motifs is 4. The van der Waals surface area contributed by atoms with E-state index in [0.717, 1.165) is 27.8 Å². The normalized spacial score (nSPS) is 18.7. The Morgan fingerprint density at radius 2 is 1.15 bits per heavy atom. The van der Waals surface area contributed by atoms with Crippen LogP contribution in [0.25, 0.3) is 0 Å². The lowest BCUT2D eigenvalue weighted by Crippen LogP contribution is -2.35. The number of ether oxygens (including phenoxy) is 5. The number of methoxy groups -OCH3 is 3. The van der Waals surface area contributed by atoms with Crippen LogP contribution in [-0.4, -0.2) is 86.5 Å². The summed E-state index contributed by atoms with van der Waals surface area (Å²) in [5, 5.41) is 0. The van der Waals surface area contributed by atoms with E-state index in [1.165, 1.54) is 21.3 Å². The summed E-state index contributed by atoms with van der Waals surface area (Å²) in [7, 11) is 4.42. The van der Waals surface area contributed by atoms with E-state index in [1.807, 2.05) is 18.2 Å². The number of aliphatic imine (C=N–C) groups is 2. The van der Waals surface area contributed by atoms with Crippen molar-refractivity contribution in [1.82, 2.24) is 9.80 Å². The number of hydrogen-bond acceptors (Lipinski definition) is 10. The Balaban J connectivity index is 1.13. The van der Waals surface area contributed by atoms with E-state index in [9.17, 15) is 14.4 Å². The molecule has 4 aliphatic rings. The van der Waals surface area contributed by atoms with Gasteiger partial charge in [-0.1, -0.05) is 36.4 Å². The van der Waals surface area contributed by atoms with Crippen molar-refractivity contribution in [3.8, 4) is 23.0 Å². The first-order valence-corrected chi connectivity index (χ1v) is 17.1. The predicted molar refractivity (Wildman–Crippen MR) is 195 cm³/mol. The van der Waals surface area contributed by atoms with Gasteiger partial charge in [-0.15, -0.1) is 0 Å². The summed E-state index contributed by atoms with van der Waals surface area (Å²) in [5.74, 6) is 1.12. The van der Waals surface area contributed by atoms with Crippen molar-refractivity contribution < 1.29 is 38.1 Å². The molecule has 12 heteroatoms. The van der Waals surface area contributed by atoms with Gasteiger partial charge in [0.15, 0.2) is 23.0 Å². The third-order valence-electron chi connectivity index (χ3n) is 9.65. The Morgan fingerprint density at radius 1 is 0.692 bits per heavy atom. The second kappa shape index (κ2) is 14.4. The first-order chi connectivity index (χ1) is 25.1. The molecular formula is C40H40N4O8. The molecule has 52 heavy (non-hydrogen) atoms. The van der Waals surface area contributed by atoms with Crippen LogP contribution in [0.3, 0.4) is 0 Å². The molecule has 0 unspecified atom stereocenters. The molecule has 0 radical (unpaired) electrons. The number of nitrogens with zero attached hydrogens (tertiary/aromatic N) is 4. The quantitative estimate of drug-likeness (QED) is 0.177. The van der Waals surface area contributed by atoms with Crippen molar-refractivity contribution in [2.75, 3.05) is 34.4 Å². The molecule has 3 aromatic rings. The monoisotopic (exact) mass is 704 g/mol. The molecular weight excluding hydrogens is 664 g/mol. The van der Waals surface area contributed by atoms with Crippen LogP contribution in [0.1, 0.15) is 56.7 Å². The minimum absolute atomic E-state index is 0.125. The van der Waals surface area contributed by atoms with Gasteiger partial charge in [-0.2, -0.15) is 0 Å². The lowest BCUT2D eigenvalue weighted by atomic mass is 10.0. The van der Waals surface area contributed by atoms with Crippen molar-refractivity contribution in [2.24, 2.45) is 9.98 Å². The molecule has 7 rings (SSSR count). The molecule has 4 aliphatic heterocycles. The summed E-state index contributed by atoms with van der Waals surface area (Å²) in [6.45, 7) is 9.40. The Bertz CT molecular complexity index is 1920. The van der Waals surface area contributed by atoms with Crippen molar-refractivity contribution in [1.29, 1.82) is 0 Å². The fourth-order valence-electron chi connectivity index (χ4n) is 7.03. The highest BCUT2D eigenvalue weighted by atomic mass is 16.5. The second-order valence-electron chi connectivity index (χ2n) is 13.3. The van der Waals surface area contributed by atoms with E-state index in [2.05, 4.69) is 23.1 Å². The average Bonchev–Trinajstić information content (AvgIpc) is 3.66. The molecule has 0 bridgehead atoms. The van der Waals surface area contributed by atoms with Gasteiger partial charge in [0.25, 0.3) is 11.8 Å². The molecule has 2 fully saturated rings. The van der Waals surface area contributed by atoms with E-state index >= 15 is 0 Å². The first kappa shape index (κ1) is 34.5. The molecule has 0 aromatic heterocycles. The zero-order valence-electron chi connectivity index (χ0n) is 29.5. The number of esters is 1. The zero-order chi connectivity index (χ0) is 36.5. The van der Waals surface area contributed by atoms with Crippen LogP contribution in [0.15, 0.2) is 76.8 Å². The molecule has 4 heterocycles. The van der Waals surface area contributed by atoms with Crippen LogP contribution in [0.5, 0.6) is 23.0 Å². The van der Waals surface area contributed by atoms with Gasteiger partial charge >= 0.3 is 5.97 Å². The van der Waals surface area contributed by atoms with E-state index in [1.54, 1.807) is 46.5 Å². The van der Waals surface area contributed by atoms with Crippen molar-refractivity contribution >= 4 is 41.6 Å². The summed E-state index contributed by atoms with van der Waals surface area (Å²) in [4.78, 5) is 51.7. The van der Waals surface area contributed by atoms with Crippen LogP contribution in [-0.2, 0) is 29.2 Å². The standard InChI is InChI=1S/C40H40N4O8/c1-23-8-28-17-41-32-15-36(34(48-3)13-30(32)39(46)43(28)19-23)51-21-26-10-25(6-7-38(45)50-5)11-27(12-26)22-52-37-16-33-31(14-35(37)49-4)40(47)44-20-24(2)9-29(44)18-42-33/h10-18,28-29H,1-2,6-9,19-22H2,3-5H3/t28-,29-/m0/s1. The lowest BCUT2D eigenvalue weighted by Gasteiger charge is -2.20. The van der Waals surface area contributed by atoms with Crippen LogP contribution in [0.2, 0.25) is 0 Å². The maximum Gasteiger partial charge on any atom is 0.305 e. The first-order valence-electron chi connectivity index (χ1n) is 17.1. The molecule has 268 valence electrons. The van der Waals surface area contributed by atoms with Gasteiger partial charge in [0, 0.05) is 44.1 Å². The van der Waals surface area contributed by atoms with Gasteiger partial charge < -0.3 is 33.5 Å². The minimum atomic E-state index is -0.316. The highest BCUT2D eigenvalue weighted by Gasteiger charge is 2.35. The van der Waals surface area contributed by atoms with E-state index in [-0.39, 0.29) is 49.5 Å². The van der Waals surface area contributed by atoms with Crippen molar-refractivity contribution in [3.63, 3.8) is 0 Å². The highest BCUT2D eigenvalue weighted by molar-refractivity contribution is 6.04. The summed E-state index contributed by atoms with van der Waals surface area (Å²) in [6.07, 6.45) is 5.60. The van der Waals surface area contributed by atoms with Crippen LogP contribution in [0.4, 0.5) is 11.4 Å². The number of benzene rings is 3.